The lowest BCUT2D eigenvalue weighted by Crippen LogP contribution is -2.47. The smallest absolute Gasteiger partial charge is 0.329 e. The quantitative estimate of drug-likeness (QED) is 0.548. The molecule has 0 aliphatic carbocycles. The minimum absolute atomic E-state index is 0.125. The molecule has 4 N–H and O–H groups in total. The third-order valence-corrected chi connectivity index (χ3v) is 3.41. The summed E-state index contributed by atoms with van der Waals surface area (Å²) in [5.74, 6) is -1.18. The minimum Gasteiger partial charge on any atom is -0.405 e. The van der Waals surface area contributed by atoms with Gasteiger partial charge in [0.15, 0.2) is 0 Å². The van der Waals surface area contributed by atoms with Crippen molar-refractivity contribution < 1.29 is 23.6 Å². The van der Waals surface area contributed by atoms with E-state index < -0.39 is 36.5 Å². The Morgan fingerprint density at radius 3 is 2.44 bits per heavy atom. The SMILES string of the molecule is CCC1c2nnc(o2)NC(=O)NC(=O)CNC(=O)CNC(=O)N1CC. The maximum Gasteiger partial charge on any atom is 0.329 e. The molecule has 0 saturated heterocycles. The van der Waals surface area contributed by atoms with Crippen molar-refractivity contribution in [2.24, 2.45) is 0 Å². The minimum atomic E-state index is -0.876. The summed E-state index contributed by atoms with van der Waals surface area (Å²) in [7, 11) is 0. The highest BCUT2D eigenvalue weighted by Gasteiger charge is 2.28. The van der Waals surface area contributed by atoms with Gasteiger partial charge in [-0.05, 0) is 13.3 Å². The molecule has 1 aliphatic heterocycles. The summed E-state index contributed by atoms with van der Waals surface area (Å²) in [6.07, 6.45) is 0.472. The number of carbonyl (C=O) groups excluding carboxylic acids is 4. The lowest BCUT2D eigenvalue weighted by atomic mass is 10.2. The van der Waals surface area contributed by atoms with Gasteiger partial charge < -0.3 is 20.0 Å². The number of hydrogen-bond acceptors (Lipinski definition) is 7. The molecule has 0 spiro atoms. The third kappa shape index (κ3) is 4.65. The van der Waals surface area contributed by atoms with Gasteiger partial charge in [-0.1, -0.05) is 12.0 Å². The molecule has 1 aliphatic rings. The molecule has 1 aromatic rings. The van der Waals surface area contributed by atoms with Crippen LogP contribution in [-0.2, 0) is 9.59 Å². The predicted molar refractivity (Wildman–Crippen MR) is 83.3 cm³/mol. The van der Waals surface area contributed by atoms with Gasteiger partial charge in [0.1, 0.15) is 6.04 Å². The second-order valence-electron chi connectivity index (χ2n) is 5.09. The fourth-order valence-electron chi connectivity index (χ4n) is 2.25. The average Bonchev–Trinajstić information content (AvgIpc) is 3.02. The van der Waals surface area contributed by atoms with E-state index in [1.165, 1.54) is 4.90 Å². The zero-order valence-electron chi connectivity index (χ0n) is 13.8. The van der Waals surface area contributed by atoms with Crippen molar-refractivity contribution in [1.29, 1.82) is 0 Å². The molecule has 2 rings (SSSR count). The van der Waals surface area contributed by atoms with Crippen LogP contribution in [0, 0.1) is 0 Å². The van der Waals surface area contributed by atoms with E-state index in [0.29, 0.717) is 13.0 Å². The summed E-state index contributed by atoms with van der Waals surface area (Å²) in [5.41, 5.74) is 0. The molecule has 0 fully saturated rings. The standard InChI is InChI=1S/C13H19N7O5/c1-3-7-10-18-19-12(25-10)17-11(23)16-9(22)6-14-8(21)5-15-13(24)20(7)4-2/h7H,3-6H2,1-2H3,(H,14,21)(H,15,24)(H2,16,17,19,22,23). The Labute approximate surface area is 142 Å². The van der Waals surface area contributed by atoms with E-state index in [-0.39, 0.29) is 18.5 Å². The average molecular weight is 353 g/mol. The Hall–Kier alpha value is -3.18. The predicted octanol–water partition coefficient (Wildman–Crippen LogP) is -0.670. The monoisotopic (exact) mass is 353 g/mol. The van der Waals surface area contributed by atoms with Gasteiger partial charge in [0.05, 0.1) is 13.1 Å². The van der Waals surface area contributed by atoms with Crippen LogP contribution in [0.5, 0.6) is 0 Å². The molecule has 0 radical (unpaired) electrons. The Morgan fingerprint density at radius 1 is 1.04 bits per heavy atom. The van der Waals surface area contributed by atoms with Gasteiger partial charge >= 0.3 is 18.1 Å². The van der Waals surface area contributed by atoms with Gasteiger partial charge in [-0.25, -0.2) is 9.59 Å². The Bertz CT molecular complexity index is 673. The van der Waals surface area contributed by atoms with Crippen molar-refractivity contribution in [3.05, 3.63) is 5.89 Å². The number of amides is 6. The van der Waals surface area contributed by atoms with Crippen molar-refractivity contribution in [2.75, 3.05) is 25.0 Å². The number of carbonyl (C=O) groups is 4. The first-order valence-electron chi connectivity index (χ1n) is 7.70. The normalized spacial score (nSPS) is 19.9. The van der Waals surface area contributed by atoms with Crippen LogP contribution in [0.15, 0.2) is 4.42 Å². The molecular weight excluding hydrogens is 334 g/mol. The van der Waals surface area contributed by atoms with Gasteiger partial charge in [0.25, 0.3) is 0 Å². The van der Waals surface area contributed by atoms with Gasteiger partial charge in [-0.2, -0.15) is 0 Å². The first-order chi connectivity index (χ1) is 11.9. The summed E-state index contributed by atoms with van der Waals surface area (Å²) >= 11 is 0. The molecule has 12 nitrogen and oxygen atoms in total. The molecular formula is C13H19N7O5. The molecule has 6 amide bonds. The molecule has 12 heteroatoms. The van der Waals surface area contributed by atoms with Crippen molar-refractivity contribution in [3.8, 4) is 0 Å². The highest BCUT2D eigenvalue weighted by molar-refractivity contribution is 6.01. The van der Waals surface area contributed by atoms with Gasteiger partial charge in [0, 0.05) is 6.54 Å². The fraction of sp³-hybridized carbons (Fsp3) is 0.538. The first kappa shape index (κ1) is 18.2. The summed E-state index contributed by atoms with van der Waals surface area (Å²) in [6.45, 7) is 3.17. The van der Waals surface area contributed by atoms with E-state index in [4.69, 9.17) is 4.42 Å². The van der Waals surface area contributed by atoms with Crippen LogP contribution in [-0.4, -0.2) is 58.6 Å². The molecule has 2 heterocycles. The molecule has 136 valence electrons. The zero-order valence-corrected chi connectivity index (χ0v) is 13.8. The first-order valence-corrected chi connectivity index (χ1v) is 7.70. The van der Waals surface area contributed by atoms with Crippen LogP contribution in [0.4, 0.5) is 15.6 Å². The van der Waals surface area contributed by atoms with Crippen molar-refractivity contribution >= 4 is 29.9 Å². The summed E-state index contributed by atoms with van der Waals surface area (Å²) in [4.78, 5) is 48.7. The summed E-state index contributed by atoms with van der Waals surface area (Å²) in [5, 5.41) is 16.5. The maximum atomic E-state index is 12.3. The molecule has 0 saturated carbocycles. The number of anilines is 1. The van der Waals surface area contributed by atoms with E-state index in [2.05, 4.69) is 26.1 Å². The highest BCUT2D eigenvalue weighted by atomic mass is 16.4. The number of fused-ring (bicyclic) bond motifs is 2. The number of imide groups is 1. The van der Waals surface area contributed by atoms with Crippen LogP contribution in [0.25, 0.3) is 0 Å². The highest BCUT2D eigenvalue weighted by Crippen LogP contribution is 2.24. The maximum absolute atomic E-state index is 12.3. The molecule has 1 unspecified atom stereocenters. The van der Waals surface area contributed by atoms with Crippen LogP contribution >= 0.6 is 0 Å². The number of hydrogen-bond donors (Lipinski definition) is 4. The Kier molecular flexibility index (Phi) is 5.87. The van der Waals surface area contributed by atoms with E-state index in [1.807, 2.05) is 12.2 Å². The number of rotatable bonds is 2. The van der Waals surface area contributed by atoms with Crippen molar-refractivity contribution in [2.45, 2.75) is 26.3 Å². The van der Waals surface area contributed by atoms with Crippen LogP contribution in [0.3, 0.4) is 0 Å². The van der Waals surface area contributed by atoms with E-state index in [9.17, 15) is 19.2 Å². The van der Waals surface area contributed by atoms with Gasteiger partial charge in [-0.3, -0.25) is 20.2 Å². The molecule has 0 aromatic carbocycles. The Balaban J connectivity index is 2.28. The Morgan fingerprint density at radius 2 is 1.76 bits per heavy atom. The van der Waals surface area contributed by atoms with Gasteiger partial charge in [0.2, 0.25) is 17.7 Å². The second kappa shape index (κ2) is 8.08. The van der Waals surface area contributed by atoms with Crippen LogP contribution < -0.4 is 21.3 Å². The largest absolute Gasteiger partial charge is 0.405 e. The topological polar surface area (TPSA) is 159 Å². The van der Waals surface area contributed by atoms with Crippen molar-refractivity contribution in [3.63, 3.8) is 0 Å². The summed E-state index contributed by atoms with van der Waals surface area (Å²) in [6, 6.07) is -2.12. The summed E-state index contributed by atoms with van der Waals surface area (Å²) < 4.78 is 5.36. The van der Waals surface area contributed by atoms with E-state index in [0.717, 1.165) is 0 Å². The number of nitrogens with zero attached hydrogens (tertiary/aromatic N) is 3. The van der Waals surface area contributed by atoms with Crippen molar-refractivity contribution in [1.82, 2.24) is 31.0 Å². The zero-order chi connectivity index (χ0) is 18.4. The molecule has 1 atom stereocenters. The van der Waals surface area contributed by atoms with Gasteiger partial charge in [-0.15, -0.1) is 5.10 Å². The lowest BCUT2D eigenvalue weighted by Gasteiger charge is -2.27. The molecule has 1 aromatic heterocycles. The number of aromatic nitrogens is 2. The van der Waals surface area contributed by atoms with E-state index >= 15 is 0 Å². The third-order valence-electron chi connectivity index (χ3n) is 3.41. The molecule has 2 bridgehead atoms. The number of urea groups is 2. The van der Waals surface area contributed by atoms with Crippen LogP contribution in [0.2, 0.25) is 0 Å². The fourth-order valence-corrected chi connectivity index (χ4v) is 2.25. The number of nitrogens with one attached hydrogen (secondary N) is 4. The lowest BCUT2D eigenvalue weighted by molar-refractivity contribution is -0.125. The van der Waals surface area contributed by atoms with E-state index in [1.54, 1.807) is 6.92 Å². The second-order valence-corrected chi connectivity index (χ2v) is 5.09. The molecule has 25 heavy (non-hydrogen) atoms. The van der Waals surface area contributed by atoms with Crippen LogP contribution in [0.1, 0.15) is 32.2 Å².